The first-order valence-corrected chi connectivity index (χ1v) is 6.56. The van der Waals surface area contributed by atoms with E-state index in [0.29, 0.717) is 5.75 Å². The molecule has 0 atom stereocenters. The summed E-state index contributed by atoms with van der Waals surface area (Å²) in [5, 5.41) is 2.04. The Labute approximate surface area is 109 Å². The summed E-state index contributed by atoms with van der Waals surface area (Å²) in [5.41, 5.74) is 0.924. The van der Waals surface area contributed by atoms with Crippen molar-refractivity contribution in [3.63, 3.8) is 0 Å². The van der Waals surface area contributed by atoms with Gasteiger partial charge in [0.25, 0.3) is 0 Å². The molecular weight excluding hydrogens is 246 g/mol. The van der Waals surface area contributed by atoms with Gasteiger partial charge < -0.3 is 4.98 Å². The van der Waals surface area contributed by atoms with Gasteiger partial charge >= 0.3 is 0 Å². The molecule has 2 rings (SSSR count). The lowest BCUT2D eigenvalue weighted by Gasteiger charge is -1.98. The number of aromatic nitrogens is 1. The third-order valence-corrected chi connectivity index (χ3v) is 3.23. The molecule has 0 fully saturated rings. The molecule has 1 N–H and O–H groups in total. The molecule has 92 valence electrons. The maximum Gasteiger partial charge on any atom is 0.248 e. The molecule has 1 heterocycles. The van der Waals surface area contributed by atoms with Crippen molar-refractivity contribution in [1.82, 2.24) is 4.98 Å². The van der Waals surface area contributed by atoms with Gasteiger partial charge in [0.15, 0.2) is 5.12 Å². The Morgan fingerprint density at radius 3 is 2.94 bits per heavy atom. The zero-order valence-corrected chi connectivity index (χ0v) is 10.8. The van der Waals surface area contributed by atoms with E-state index in [-0.39, 0.29) is 10.7 Å². The Morgan fingerprint density at radius 2 is 2.17 bits per heavy atom. The van der Waals surface area contributed by atoms with Gasteiger partial charge in [-0.3, -0.25) is 9.59 Å². The van der Waals surface area contributed by atoms with Crippen LogP contribution in [-0.2, 0) is 4.79 Å². The summed E-state index contributed by atoms with van der Waals surface area (Å²) in [6.45, 7) is 1.56. The molecule has 1 aromatic carbocycles. The second-order valence-corrected chi connectivity index (χ2v) is 5.09. The smallest absolute Gasteiger partial charge is 0.248 e. The van der Waals surface area contributed by atoms with Crippen molar-refractivity contribution in [3.8, 4) is 0 Å². The van der Waals surface area contributed by atoms with Crippen LogP contribution in [0.4, 0.5) is 0 Å². The van der Waals surface area contributed by atoms with Crippen molar-refractivity contribution in [3.05, 3.63) is 52.5 Å². The van der Waals surface area contributed by atoms with Gasteiger partial charge in [-0.25, -0.2) is 0 Å². The highest BCUT2D eigenvalue weighted by molar-refractivity contribution is 8.13. The topological polar surface area (TPSA) is 49.9 Å². The van der Waals surface area contributed by atoms with E-state index in [4.69, 9.17) is 0 Å². The lowest BCUT2D eigenvalue weighted by molar-refractivity contribution is -0.109. The third kappa shape index (κ3) is 3.34. The van der Waals surface area contributed by atoms with E-state index in [1.807, 2.05) is 30.4 Å². The summed E-state index contributed by atoms with van der Waals surface area (Å²) < 4.78 is 0. The van der Waals surface area contributed by atoms with Crippen molar-refractivity contribution < 1.29 is 4.79 Å². The average Bonchev–Trinajstić information content (AvgIpc) is 2.34. The molecule has 1 aromatic heterocycles. The maximum atomic E-state index is 11.2. The van der Waals surface area contributed by atoms with Crippen molar-refractivity contribution in [2.45, 2.75) is 6.92 Å². The second kappa shape index (κ2) is 5.69. The quantitative estimate of drug-likeness (QED) is 0.922. The highest BCUT2D eigenvalue weighted by Gasteiger charge is 1.95. The SMILES string of the molecule is CC(=O)SCC=Cc1ccc2c[nH]c(=O)cc2c1. The van der Waals surface area contributed by atoms with Crippen LogP contribution >= 0.6 is 11.8 Å². The third-order valence-electron chi connectivity index (χ3n) is 2.46. The predicted octanol–water partition coefficient (Wildman–Crippen LogP) is 2.82. The standard InChI is InChI=1S/C14H13NO2S/c1-10(16)18-6-2-3-11-4-5-12-9-15-14(17)8-13(12)7-11/h2-5,7-9H,6H2,1H3,(H,15,17). The number of fused-ring (bicyclic) bond motifs is 1. The van der Waals surface area contributed by atoms with Gasteiger partial charge in [-0.05, 0) is 22.4 Å². The van der Waals surface area contributed by atoms with E-state index < -0.39 is 0 Å². The number of carbonyl (C=O) groups excluding carboxylic acids is 1. The van der Waals surface area contributed by atoms with Gasteiger partial charge in [0.05, 0.1) is 0 Å². The van der Waals surface area contributed by atoms with Gasteiger partial charge in [0, 0.05) is 24.9 Å². The van der Waals surface area contributed by atoms with E-state index in [1.165, 1.54) is 11.8 Å². The summed E-state index contributed by atoms with van der Waals surface area (Å²) in [5.74, 6) is 0.669. The Kier molecular flexibility index (Phi) is 3.99. The number of aromatic amines is 1. The Morgan fingerprint density at radius 1 is 1.33 bits per heavy atom. The fourth-order valence-corrected chi connectivity index (χ4v) is 2.06. The molecular formula is C14H13NO2S. The van der Waals surface area contributed by atoms with E-state index in [2.05, 4.69) is 4.98 Å². The number of hydrogen-bond acceptors (Lipinski definition) is 3. The first-order valence-electron chi connectivity index (χ1n) is 5.57. The molecule has 0 aliphatic heterocycles. The van der Waals surface area contributed by atoms with Gasteiger partial charge in [-0.15, -0.1) is 0 Å². The fourth-order valence-electron chi connectivity index (χ4n) is 1.63. The first-order chi connectivity index (χ1) is 8.65. The number of benzene rings is 1. The molecule has 4 heteroatoms. The number of nitrogens with one attached hydrogen (secondary N) is 1. The van der Waals surface area contributed by atoms with Crippen LogP contribution in [0.5, 0.6) is 0 Å². The number of pyridine rings is 1. The number of H-pyrrole nitrogens is 1. The van der Waals surface area contributed by atoms with E-state index in [1.54, 1.807) is 19.2 Å². The van der Waals surface area contributed by atoms with Crippen LogP contribution in [-0.4, -0.2) is 15.9 Å². The van der Waals surface area contributed by atoms with Gasteiger partial charge in [-0.1, -0.05) is 36.0 Å². The minimum Gasteiger partial charge on any atom is -0.328 e. The van der Waals surface area contributed by atoms with Gasteiger partial charge in [-0.2, -0.15) is 0 Å². The molecule has 0 aliphatic rings. The average molecular weight is 259 g/mol. The van der Waals surface area contributed by atoms with Gasteiger partial charge in [0.1, 0.15) is 0 Å². The lowest BCUT2D eigenvalue weighted by atomic mass is 10.1. The Hall–Kier alpha value is -1.81. The van der Waals surface area contributed by atoms with Crippen molar-refractivity contribution >= 4 is 33.7 Å². The molecule has 2 aromatic rings. The fraction of sp³-hybridized carbons (Fsp3) is 0.143. The summed E-state index contributed by atoms with van der Waals surface area (Å²) in [6, 6.07) is 7.48. The van der Waals surface area contributed by atoms with E-state index >= 15 is 0 Å². The molecule has 0 unspecified atom stereocenters. The number of carbonyl (C=O) groups is 1. The maximum absolute atomic E-state index is 11.2. The summed E-state index contributed by atoms with van der Waals surface area (Å²) >= 11 is 1.28. The highest BCUT2D eigenvalue weighted by atomic mass is 32.2. The van der Waals surface area contributed by atoms with Crippen LogP contribution in [0.3, 0.4) is 0 Å². The molecule has 0 radical (unpaired) electrons. The molecule has 0 spiro atoms. The molecule has 0 saturated carbocycles. The molecule has 0 amide bonds. The minimum absolute atomic E-state index is 0.101. The van der Waals surface area contributed by atoms with E-state index in [0.717, 1.165) is 16.3 Å². The van der Waals surface area contributed by atoms with Crippen LogP contribution in [0.25, 0.3) is 16.8 Å². The molecule has 3 nitrogen and oxygen atoms in total. The van der Waals surface area contributed by atoms with Crippen LogP contribution in [0, 0.1) is 0 Å². The number of thioether (sulfide) groups is 1. The number of rotatable bonds is 3. The molecule has 18 heavy (non-hydrogen) atoms. The minimum atomic E-state index is -0.101. The van der Waals surface area contributed by atoms with Gasteiger partial charge in [0.2, 0.25) is 5.56 Å². The molecule has 0 bridgehead atoms. The van der Waals surface area contributed by atoms with Crippen molar-refractivity contribution in [1.29, 1.82) is 0 Å². The highest BCUT2D eigenvalue weighted by Crippen LogP contribution is 2.14. The second-order valence-electron chi connectivity index (χ2n) is 3.89. The molecule has 0 aliphatic carbocycles. The van der Waals surface area contributed by atoms with Crippen LogP contribution < -0.4 is 5.56 Å². The monoisotopic (exact) mass is 259 g/mol. The predicted molar refractivity (Wildman–Crippen MR) is 76.7 cm³/mol. The van der Waals surface area contributed by atoms with Crippen molar-refractivity contribution in [2.24, 2.45) is 0 Å². The molecule has 0 saturated heterocycles. The Balaban J connectivity index is 2.19. The summed E-state index contributed by atoms with van der Waals surface area (Å²) in [7, 11) is 0. The van der Waals surface area contributed by atoms with E-state index in [9.17, 15) is 9.59 Å². The van der Waals surface area contributed by atoms with Crippen molar-refractivity contribution in [2.75, 3.05) is 5.75 Å². The van der Waals surface area contributed by atoms with Crippen LogP contribution in [0.2, 0.25) is 0 Å². The lowest BCUT2D eigenvalue weighted by Crippen LogP contribution is -2.01. The van der Waals surface area contributed by atoms with Crippen LogP contribution in [0.15, 0.2) is 41.3 Å². The largest absolute Gasteiger partial charge is 0.328 e. The van der Waals surface area contributed by atoms with Crippen LogP contribution in [0.1, 0.15) is 12.5 Å². The zero-order chi connectivity index (χ0) is 13.0. The zero-order valence-electron chi connectivity index (χ0n) is 9.97. The number of hydrogen-bond donors (Lipinski definition) is 1. The summed E-state index contributed by atoms with van der Waals surface area (Å²) in [6.07, 6.45) is 5.60. The first kappa shape index (κ1) is 12.6. The normalized spacial score (nSPS) is 11.2. The summed E-state index contributed by atoms with van der Waals surface area (Å²) in [4.78, 5) is 24.6. The Bertz CT molecular complexity index is 658.